The van der Waals surface area contributed by atoms with Gasteiger partial charge >= 0.3 is 5.97 Å². The number of amides is 1. The average molecular weight is 510 g/mol. The summed E-state index contributed by atoms with van der Waals surface area (Å²) < 4.78 is 11.8. The molecule has 0 unspecified atom stereocenters. The summed E-state index contributed by atoms with van der Waals surface area (Å²) in [7, 11) is 1.70. The Labute approximate surface area is 216 Å². The first-order valence-electron chi connectivity index (χ1n) is 12.6. The lowest BCUT2D eigenvalue weighted by Crippen LogP contribution is -2.43. The molecule has 0 radical (unpaired) electrons. The van der Waals surface area contributed by atoms with E-state index in [0.717, 1.165) is 52.7 Å². The molecule has 4 rings (SSSR count). The van der Waals surface area contributed by atoms with Crippen molar-refractivity contribution in [1.29, 1.82) is 0 Å². The Morgan fingerprint density at radius 1 is 1.24 bits per heavy atom. The van der Waals surface area contributed by atoms with Crippen LogP contribution in [0.4, 0.5) is 0 Å². The van der Waals surface area contributed by atoms with Crippen molar-refractivity contribution in [3.05, 3.63) is 64.8 Å². The molecule has 0 bridgehead atoms. The number of hydrogen-bond acceptors (Lipinski definition) is 6. The number of aromatic amines is 1. The van der Waals surface area contributed by atoms with Gasteiger partial charge in [0.05, 0.1) is 19.8 Å². The molecule has 3 aromatic rings. The molecule has 1 aliphatic rings. The van der Waals surface area contributed by atoms with E-state index < -0.39 is 24.5 Å². The number of aromatic nitrogens is 1. The summed E-state index contributed by atoms with van der Waals surface area (Å²) in [6.45, 7) is 5.59. The summed E-state index contributed by atoms with van der Waals surface area (Å²) in [5.74, 6) is -0.963. The van der Waals surface area contributed by atoms with E-state index in [9.17, 15) is 14.7 Å². The van der Waals surface area contributed by atoms with Crippen molar-refractivity contribution in [2.45, 2.75) is 51.4 Å². The van der Waals surface area contributed by atoms with E-state index in [0.29, 0.717) is 18.7 Å². The lowest BCUT2D eigenvalue weighted by Gasteiger charge is -2.40. The molecule has 1 amide bonds. The standard InChI is InChI=1S/C28H35N3O6/c1-4-37-20-10-12-31(15-22-21-9-11-29-26(21)17(2)13-25(22)36-3)24(14-20)18-5-7-19(8-6-18)27(33)30-23(16-32)28(34)35/h5-9,11,13,20,23-24,29,32H,4,10,12,14-16H2,1-3H3,(H,30,33)(H,34,35)/t20-,23-,24-/m0/s1. The van der Waals surface area contributed by atoms with Crippen molar-refractivity contribution in [1.82, 2.24) is 15.2 Å². The van der Waals surface area contributed by atoms with E-state index in [-0.39, 0.29) is 12.1 Å². The number of carboxylic acid groups (broad SMARTS) is 1. The maximum Gasteiger partial charge on any atom is 0.328 e. The number of carboxylic acids is 1. The number of benzene rings is 2. The van der Waals surface area contributed by atoms with Crippen LogP contribution in [0.15, 0.2) is 42.6 Å². The third kappa shape index (κ3) is 5.79. The number of piperidine rings is 1. The molecule has 2 heterocycles. The number of rotatable bonds is 10. The Balaban J connectivity index is 1.61. The van der Waals surface area contributed by atoms with E-state index in [2.05, 4.69) is 34.3 Å². The highest BCUT2D eigenvalue weighted by Crippen LogP contribution is 2.38. The number of likely N-dealkylation sites (tertiary alicyclic amines) is 1. The SMILES string of the molecule is CCO[C@H]1CCN(Cc2c(OC)cc(C)c3[nH]ccc23)[C@H](c2ccc(C(=O)N[C@@H](CO)C(=O)O)cc2)C1. The van der Waals surface area contributed by atoms with Crippen LogP contribution in [0.25, 0.3) is 10.9 Å². The molecule has 0 aliphatic carbocycles. The lowest BCUT2D eigenvalue weighted by molar-refractivity contribution is -0.140. The van der Waals surface area contributed by atoms with Crippen molar-refractivity contribution >= 4 is 22.8 Å². The van der Waals surface area contributed by atoms with Crippen molar-refractivity contribution in [3.8, 4) is 5.75 Å². The summed E-state index contributed by atoms with van der Waals surface area (Å²) in [5, 5.41) is 21.8. The van der Waals surface area contributed by atoms with Crippen LogP contribution < -0.4 is 10.1 Å². The minimum Gasteiger partial charge on any atom is -0.496 e. The van der Waals surface area contributed by atoms with E-state index in [1.165, 1.54) is 0 Å². The van der Waals surface area contributed by atoms with Crippen LogP contribution in [0.5, 0.6) is 5.75 Å². The maximum absolute atomic E-state index is 12.5. The predicted octanol–water partition coefficient (Wildman–Crippen LogP) is 3.40. The van der Waals surface area contributed by atoms with Gasteiger partial charge in [0.2, 0.25) is 0 Å². The zero-order chi connectivity index (χ0) is 26.5. The van der Waals surface area contributed by atoms with Gasteiger partial charge in [0.25, 0.3) is 5.91 Å². The second-order valence-corrected chi connectivity index (χ2v) is 9.40. The van der Waals surface area contributed by atoms with Gasteiger partial charge in [-0.25, -0.2) is 4.79 Å². The van der Waals surface area contributed by atoms with Crippen LogP contribution in [-0.2, 0) is 16.1 Å². The number of aliphatic carboxylic acids is 1. The average Bonchev–Trinajstić information content (AvgIpc) is 3.40. The molecule has 0 spiro atoms. The number of fused-ring (bicyclic) bond motifs is 1. The monoisotopic (exact) mass is 509 g/mol. The van der Waals surface area contributed by atoms with Gasteiger partial charge in [0.15, 0.2) is 6.04 Å². The number of hydrogen-bond donors (Lipinski definition) is 4. The van der Waals surface area contributed by atoms with E-state index in [1.54, 1.807) is 19.2 Å². The van der Waals surface area contributed by atoms with Crippen LogP contribution >= 0.6 is 0 Å². The largest absolute Gasteiger partial charge is 0.496 e. The smallest absolute Gasteiger partial charge is 0.328 e. The van der Waals surface area contributed by atoms with E-state index in [1.807, 2.05) is 25.3 Å². The molecule has 9 heteroatoms. The summed E-state index contributed by atoms with van der Waals surface area (Å²) in [5.41, 5.74) is 4.75. The predicted molar refractivity (Wildman–Crippen MR) is 140 cm³/mol. The molecule has 198 valence electrons. The topological polar surface area (TPSA) is 124 Å². The fourth-order valence-corrected chi connectivity index (χ4v) is 5.17. The molecular formula is C28H35N3O6. The van der Waals surface area contributed by atoms with Crippen LogP contribution in [0.2, 0.25) is 0 Å². The number of aliphatic hydroxyl groups is 1. The number of methoxy groups -OCH3 is 1. The van der Waals surface area contributed by atoms with Crippen LogP contribution in [0.3, 0.4) is 0 Å². The molecule has 0 saturated carbocycles. The van der Waals surface area contributed by atoms with Gasteiger partial charge < -0.3 is 30.0 Å². The molecule has 1 aromatic heterocycles. The highest BCUT2D eigenvalue weighted by Gasteiger charge is 2.31. The molecule has 2 aromatic carbocycles. The molecule has 37 heavy (non-hydrogen) atoms. The first-order chi connectivity index (χ1) is 17.9. The third-order valence-corrected chi connectivity index (χ3v) is 7.10. The molecule has 1 saturated heterocycles. The molecule has 1 aliphatic heterocycles. The Morgan fingerprint density at radius 3 is 2.65 bits per heavy atom. The minimum absolute atomic E-state index is 0.0617. The number of carbonyl (C=O) groups excluding carboxylic acids is 1. The van der Waals surface area contributed by atoms with Gasteiger partial charge in [-0.1, -0.05) is 12.1 Å². The number of aliphatic hydroxyl groups excluding tert-OH is 1. The summed E-state index contributed by atoms with van der Waals surface area (Å²) in [4.78, 5) is 29.4. The maximum atomic E-state index is 12.5. The molecular weight excluding hydrogens is 474 g/mol. The van der Waals surface area contributed by atoms with Crippen molar-refractivity contribution in [2.75, 3.05) is 26.9 Å². The normalized spacial score (nSPS) is 19.0. The first kappa shape index (κ1) is 26.7. The summed E-state index contributed by atoms with van der Waals surface area (Å²) >= 11 is 0. The van der Waals surface area contributed by atoms with Crippen LogP contribution in [-0.4, -0.2) is 71.0 Å². The Hall–Kier alpha value is -3.40. The van der Waals surface area contributed by atoms with Crippen LogP contribution in [0, 0.1) is 6.92 Å². The summed E-state index contributed by atoms with van der Waals surface area (Å²) in [6, 6.07) is 10.1. The van der Waals surface area contributed by atoms with Crippen molar-refractivity contribution < 1.29 is 29.3 Å². The van der Waals surface area contributed by atoms with E-state index in [4.69, 9.17) is 14.6 Å². The second kappa shape index (κ2) is 11.8. The number of ether oxygens (including phenoxy) is 2. The number of nitrogens with one attached hydrogen (secondary N) is 2. The van der Waals surface area contributed by atoms with Gasteiger partial charge in [-0.05, 0) is 62.1 Å². The Bertz CT molecular complexity index is 1240. The zero-order valence-corrected chi connectivity index (χ0v) is 21.5. The number of H-pyrrole nitrogens is 1. The Kier molecular flexibility index (Phi) is 8.48. The second-order valence-electron chi connectivity index (χ2n) is 9.40. The number of nitrogens with zero attached hydrogens (tertiary/aromatic N) is 1. The van der Waals surface area contributed by atoms with Gasteiger partial charge in [-0.2, -0.15) is 0 Å². The van der Waals surface area contributed by atoms with E-state index >= 15 is 0 Å². The molecule has 9 nitrogen and oxygen atoms in total. The minimum atomic E-state index is -1.34. The van der Waals surface area contributed by atoms with Gasteiger partial charge in [-0.3, -0.25) is 9.69 Å². The zero-order valence-electron chi connectivity index (χ0n) is 21.5. The number of carbonyl (C=O) groups is 2. The Morgan fingerprint density at radius 2 is 2.00 bits per heavy atom. The van der Waals surface area contributed by atoms with Gasteiger partial charge in [0.1, 0.15) is 5.75 Å². The summed E-state index contributed by atoms with van der Waals surface area (Å²) in [6.07, 6.45) is 3.83. The van der Waals surface area contributed by atoms with Crippen molar-refractivity contribution in [2.24, 2.45) is 0 Å². The lowest BCUT2D eigenvalue weighted by atomic mass is 9.91. The first-order valence-corrected chi connectivity index (χ1v) is 12.6. The molecule has 3 atom stereocenters. The molecule has 1 fully saturated rings. The fraction of sp³-hybridized carbons (Fsp3) is 0.429. The van der Waals surface area contributed by atoms with Gasteiger partial charge in [-0.15, -0.1) is 0 Å². The quantitative estimate of drug-likeness (QED) is 0.330. The number of aryl methyl sites for hydroxylation is 1. The highest BCUT2D eigenvalue weighted by molar-refractivity contribution is 5.96. The highest BCUT2D eigenvalue weighted by atomic mass is 16.5. The van der Waals surface area contributed by atoms with Crippen LogP contribution in [0.1, 0.15) is 52.9 Å². The molecule has 4 N–H and O–H groups in total. The fourth-order valence-electron chi connectivity index (χ4n) is 5.17. The third-order valence-electron chi connectivity index (χ3n) is 7.10. The van der Waals surface area contributed by atoms with Gasteiger partial charge in [0, 0.05) is 54.0 Å². The van der Waals surface area contributed by atoms with Crippen molar-refractivity contribution in [3.63, 3.8) is 0 Å².